The molecule has 0 fully saturated rings. The summed E-state index contributed by atoms with van der Waals surface area (Å²) in [4.78, 5) is 15.0. The summed E-state index contributed by atoms with van der Waals surface area (Å²) in [6, 6.07) is 10.2. The smallest absolute Gasteiger partial charge is 0.239 e. The number of amides is 1. The van der Waals surface area contributed by atoms with E-state index in [2.05, 4.69) is 0 Å². The predicted octanol–water partition coefficient (Wildman–Crippen LogP) is 1.98. The van der Waals surface area contributed by atoms with Crippen molar-refractivity contribution in [2.24, 2.45) is 5.73 Å². The van der Waals surface area contributed by atoms with Crippen molar-refractivity contribution in [3.05, 3.63) is 52.2 Å². The molecule has 1 aromatic heterocycles. The number of rotatable bonds is 5. The summed E-state index contributed by atoms with van der Waals surface area (Å²) < 4.78 is 0. The van der Waals surface area contributed by atoms with Crippen molar-refractivity contribution in [1.82, 2.24) is 4.90 Å². The van der Waals surface area contributed by atoms with Crippen LogP contribution in [0.3, 0.4) is 0 Å². The minimum Gasteiger partial charge on any atom is -0.508 e. The quantitative estimate of drug-likeness (QED) is 0.885. The van der Waals surface area contributed by atoms with E-state index in [1.165, 1.54) is 0 Å². The first kappa shape index (κ1) is 14.6. The molecule has 1 atom stereocenters. The fourth-order valence-electron chi connectivity index (χ4n) is 1.97. The van der Waals surface area contributed by atoms with Gasteiger partial charge in [0, 0.05) is 11.9 Å². The second-order valence-electron chi connectivity index (χ2n) is 4.75. The van der Waals surface area contributed by atoms with Crippen molar-refractivity contribution in [2.45, 2.75) is 19.0 Å². The largest absolute Gasteiger partial charge is 0.508 e. The Morgan fingerprint density at radius 2 is 2.05 bits per heavy atom. The number of phenolic OH excluding ortho intramolecular Hbond substituents is 1. The molecule has 0 radical (unpaired) electrons. The molecule has 0 spiro atoms. The van der Waals surface area contributed by atoms with E-state index in [1.807, 2.05) is 17.5 Å². The van der Waals surface area contributed by atoms with Gasteiger partial charge in [0.2, 0.25) is 5.91 Å². The molecule has 2 rings (SSSR count). The summed E-state index contributed by atoms with van der Waals surface area (Å²) in [5.74, 6) is 0.134. The summed E-state index contributed by atoms with van der Waals surface area (Å²) in [6.45, 7) is 0.583. The van der Waals surface area contributed by atoms with Gasteiger partial charge in [-0.2, -0.15) is 0 Å². The van der Waals surface area contributed by atoms with Crippen molar-refractivity contribution in [3.63, 3.8) is 0 Å². The van der Waals surface area contributed by atoms with Crippen molar-refractivity contribution < 1.29 is 9.90 Å². The molecule has 0 bridgehead atoms. The summed E-state index contributed by atoms with van der Waals surface area (Å²) >= 11 is 1.62. The summed E-state index contributed by atoms with van der Waals surface area (Å²) in [7, 11) is 1.76. The SMILES string of the molecule is CN(Cc1cccs1)C(=O)[C@H](N)Cc1ccc(O)cc1. The molecule has 5 heteroatoms. The molecule has 106 valence electrons. The van der Waals surface area contributed by atoms with Crippen LogP contribution in [0.2, 0.25) is 0 Å². The molecular weight excluding hydrogens is 272 g/mol. The van der Waals surface area contributed by atoms with Gasteiger partial charge in [-0.1, -0.05) is 18.2 Å². The molecule has 0 aliphatic carbocycles. The van der Waals surface area contributed by atoms with Gasteiger partial charge < -0.3 is 15.7 Å². The van der Waals surface area contributed by atoms with E-state index in [-0.39, 0.29) is 11.7 Å². The van der Waals surface area contributed by atoms with E-state index in [0.717, 1.165) is 10.4 Å². The minimum absolute atomic E-state index is 0.0773. The molecule has 0 aliphatic rings. The first-order chi connectivity index (χ1) is 9.56. The fraction of sp³-hybridized carbons (Fsp3) is 0.267. The van der Waals surface area contributed by atoms with Crippen LogP contribution in [0.5, 0.6) is 5.75 Å². The Bertz CT molecular complexity index is 552. The standard InChI is InChI=1S/C15H18N2O2S/c1-17(10-13-3-2-8-20-13)15(19)14(16)9-11-4-6-12(18)7-5-11/h2-8,14,18H,9-10,16H2,1H3/t14-/m1/s1. The fourth-order valence-corrected chi connectivity index (χ4v) is 2.73. The second kappa shape index (κ2) is 6.54. The zero-order valence-corrected chi connectivity index (χ0v) is 12.1. The van der Waals surface area contributed by atoms with Crippen LogP contribution in [-0.2, 0) is 17.8 Å². The van der Waals surface area contributed by atoms with Gasteiger partial charge in [0.05, 0.1) is 12.6 Å². The number of phenols is 1. The van der Waals surface area contributed by atoms with Crippen molar-refractivity contribution >= 4 is 17.2 Å². The topological polar surface area (TPSA) is 66.6 Å². The second-order valence-corrected chi connectivity index (χ2v) is 5.78. The van der Waals surface area contributed by atoms with Crippen molar-refractivity contribution in [1.29, 1.82) is 0 Å². The van der Waals surface area contributed by atoms with Gasteiger partial charge in [-0.15, -0.1) is 11.3 Å². The number of aromatic hydroxyl groups is 1. The summed E-state index contributed by atoms with van der Waals surface area (Å²) in [5, 5.41) is 11.2. The van der Waals surface area contributed by atoms with Crippen molar-refractivity contribution in [3.8, 4) is 5.75 Å². The van der Waals surface area contributed by atoms with Crippen LogP contribution in [0.1, 0.15) is 10.4 Å². The number of likely N-dealkylation sites (N-methyl/N-ethyl adjacent to an activating group) is 1. The Morgan fingerprint density at radius 1 is 1.35 bits per heavy atom. The average molecular weight is 290 g/mol. The predicted molar refractivity (Wildman–Crippen MR) is 80.6 cm³/mol. The van der Waals surface area contributed by atoms with Crippen LogP contribution >= 0.6 is 11.3 Å². The highest BCUT2D eigenvalue weighted by Crippen LogP contribution is 2.13. The highest BCUT2D eigenvalue weighted by Gasteiger charge is 2.18. The number of carbonyl (C=O) groups is 1. The zero-order valence-electron chi connectivity index (χ0n) is 11.3. The number of hydrogen-bond donors (Lipinski definition) is 2. The highest BCUT2D eigenvalue weighted by molar-refractivity contribution is 7.09. The molecule has 1 amide bonds. The van der Waals surface area contributed by atoms with Gasteiger partial charge in [-0.25, -0.2) is 0 Å². The van der Waals surface area contributed by atoms with Gasteiger partial charge in [-0.05, 0) is 35.6 Å². The summed E-state index contributed by atoms with van der Waals surface area (Å²) in [6.07, 6.45) is 0.466. The Kier molecular flexibility index (Phi) is 4.76. The van der Waals surface area contributed by atoms with Crippen LogP contribution in [0, 0.1) is 0 Å². The molecule has 0 saturated carbocycles. The lowest BCUT2D eigenvalue weighted by Gasteiger charge is -2.20. The van der Waals surface area contributed by atoms with E-state index in [1.54, 1.807) is 47.5 Å². The van der Waals surface area contributed by atoms with E-state index in [4.69, 9.17) is 5.73 Å². The first-order valence-electron chi connectivity index (χ1n) is 6.37. The number of nitrogens with two attached hydrogens (primary N) is 1. The number of thiophene rings is 1. The number of benzene rings is 1. The number of nitrogens with zero attached hydrogens (tertiary/aromatic N) is 1. The van der Waals surface area contributed by atoms with Crippen LogP contribution in [0.25, 0.3) is 0 Å². The molecule has 1 heterocycles. The third kappa shape index (κ3) is 3.82. The van der Waals surface area contributed by atoms with Crippen molar-refractivity contribution in [2.75, 3.05) is 7.05 Å². The normalized spacial score (nSPS) is 12.1. The number of hydrogen-bond acceptors (Lipinski definition) is 4. The lowest BCUT2D eigenvalue weighted by atomic mass is 10.1. The average Bonchev–Trinajstić information content (AvgIpc) is 2.93. The van der Waals surface area contributed by atoms with Crippen LogP contribution in [0.4, 0.5) is 0 Å². The Morgan fingerprint density at radius 3 is 2.65 bits per heavy atom. The first-order valence-corrected chi connectivity index (χ1v) is 7.25. The third-order valence-corrected chi connectivity index (χ3v) is 3.92. The van der Waals surface area contributed by atoms with E-state index >= 15 is 0 Å². The summed E-state index contributed by atoms with van der Waals surface area (Å²) in [5.41, 5.74) is 6.90. The molecule has 0 aliphatic heterocycles. The van der Waals surface area contributed by atoms with Gasteiger partial charge in [0.15, 0.2) is 0 Å². The molecule has 2 aromatic rings. The van der Waals surface area contributed by atoms with E-state index in [0.29, 0.717) is 13.0 Å². The monoisotopic (exact) mass is 290 g/mol. The molecule has 3 N–H and O–H groups in total. The Hall–Kier alpha value is -1.85. The van der Waals surface area contributed by atoms with Crippen LogP contribution in [0.15, 0.2) is 41.8 Å². The van der Waals surface area contributed by atoms with Gasteiger partial charge >= 0.3 is 0 Å². The maximum atomic E-state index is 12.2. The Labute approximate surface area is 122 Å². The van der Waals surface area contributed by atoms with E-state index in [9.17, 15) is 9.90 Å². The highest BCUT2D eigenvalue weighted by atomic mass is 32.1. The van der Waals surface area contributed by atoms with Crippen LogP contribution < -0.4 is 5.73 Å². The number of carbonyl (C=O) groups excluding carboxylic acids is 1. The molecular formula is C15H18N2O2S. The lowest BCUT2D eigenvalue weighted by Crippen LogP contribution is -2.42. The van der Waals surface area contributed by atoms with Gasteiger partial charge in [0.25, 0.3) is 0 Å². The van der Waals surface area contributed by atoms with Crippen LogP contribution in [-0.4, -0.2) is 29.0 Å². The maximum Gasteiger partial charge on any atom is 0.239 e. The minimum atomic E-state index is -0.565. The molecule has 0 saturated heterocycles. The zero-order chi connectivity index (χ0) is 14.5. The third-order valence-electron chi connectivity index (χ3n) is 3.06. The molecule has 4 nitrogen and oxygen atoms in total. The van der Waals surface area contributed by atoms with E-state index < -0.39 is 6.04 Å². The Balaban J connectivity index is 1.92. The molecule has 1 aromatic carbocycles. The maximum absolute atomic E-state index is 12.2. The van der Waals surface area contributed by atoms with Gasteiger partial charge in [-0.3, -0.25) is 4.79 Å². The lowest BCUT2D eigenvalue weighted by molar-refractivity contribution is -0.131. The molecule has 20 heavy (non-hydrogen) atoms. The molecule has 0 unspecified atom stereocenters. The van der Waals surface area contributed by atoms with Gasteiger partial charge in [0.1, 0.15) is 5.75 Å².